The number of hydrogen-bond acceptors (Lipinski definition) is 0. The summed E-state index contributed by atoms with van der Waals surface area (Å²) in [5.41, 5.74) is 10.5. The summed E-state index contributed by atoms with van der Waals surface area (Å²) in [6.45, 7) is 0. The SMILES string of the molecule is c1ccc(-c2ccc3c(c2)-c2ccccc2C32c3cccc4c5ccccc5c5cccc2c5c34)cc1. The summed E-state index contributed by atoms with van der Waals surface area (Å²) in [6.07, 6.45) is 0. The Labute approximate surface area is 215 Å². The monoisotopic (exact) mass is 466 g/mol. The van der Waals surface area contributed by atoms with Crippen molar-refractivity contribution in [1.29, 1.82) is 0 Å². The lowest BCUT2D eigenvalue weighted by atomic mass is 9.70. The van der Waals surface area contributed by atoms with Crippen molar-refractivity contribution in [2.24, 2.45) is 0 Å². The Hall–Kier alpha value is -4.68. The first-order chi connectivity index (χ1) is 18.4. The quantitative estimate of drug-likeness (QED) is 0.211. The van der Waals surface area contributed by atoms with Gasteiger partial charge in [-0.05, 0) is 82.9 Å². The third kappa shape index (κ3) is 2.21. The van der Waals surface area contributed by atoms with Crippen LogP contribution in [0.4, 0.5) is 0 Å². The summed E-state index contributed by atoms with van der Waals surface area (Å²) >= 11 is 0. The minimum Gasteiger partial charge on any atom is -0.0622 e. The molecule has 0 aliphatic heterocycles. The van der Waals surface area contributed by atoms with Crippen LogP contribution >= 0.6 is 0 Å². The topological polar surface area (TPSA) is 0 Å². The molecule has 0 heteroatoms. The molecule has 9 rings (SSSR count). The smallest absolute Gasteiger partial charge is 0.0622 e. The Morgan fingerprint density at radius 1 is 0.324 bits per heavy atom. The van der Waals surface area contributed by atoms with Gasteiger partial charge in [0.1, 0.15) is 0 Å². The first-order valence-corrected chi connectivity index (χ1v) is 13.0. The van der Waals surface area contributed by atoms with Crippen molar-refractivity contribution in [1.82, 2.24) is 0 Å². The number of benzene rings is 7. The summed E-state index contributed by atoms with van der Waals surface area (Å²) in [7, 11) is 0. The van der Waals surface area contributed by atoms with Gasteiger partial charge in [-0.15, -0.1) is 0 Å². The average Bonchev–Trinajstić information content (AvgIpc) is 3.45. The van der Waals surface area contributed by atoms with Crippen molar-refractivity contribution in [2.75, 3.05) is 0 Å². The molecule has 0 radical (unpaired) electrons. The van der Waals surface area contributed by atoms with E-state index in [4.69, 9.17) is 0 Å². The van der Waals surface area contributed by atoms with E-state index in [1.54, 1.807) is 0 Å². The van der Waals surface area contributed by atoms with Gasteiger partial charge < -0.3 is 0 Å². The number of rotatable bonds is 1. The summed E-state index contributed by atoms with van der Waals surface area (Å²) in [5.74, 6) is 0. The summed E-state index contributed by atoms with van der Waals surface area (Å²) in [4.78, 5) is 0. The lowest BCUT2D eigenvalue weighted by Gasteiger charge is -2.30. The molecule has 0 saturated carbocycles. The summed E-state index contributed by atoms with van der Waals surface area (Å²) < 4.78 is 0. The third-order valence-corrected chi connectivity index (χ3v) is 8.85. The molecule has 37 heavy (non-hydrogen) atoms. The normalized spacial score (nSPS) is 14.2. The zero-order chi connectivity index (χ0) is 24.1. The molecule has 0 unspecified atom stereocenters. The second-order valence-electron chi connectivity index (χ2n) is 10.4. The molecule has 7 aromatic rings. The molecule has 0 heterocycles. The predicted molar refractivity (Wildman–Crippen MR) is 155 cm³/mol. The molecule has 0 bridgehead atoms. The second-order valence-corrected chi connectivity index (χ2v) is 10.4. The van der Waals surface area contributed by atoms with Crippen molar-refractivity contribution in [3.05, 3.63) is 156 Å². The molecule has 0 fully saturated rings. The molecule has 170 valence electrons. The van der Waals surface area contributed by atoms with E-state index in [1.807, 2.05) is 0 Å². The van der Waals surface area contributed by atoms with E-state index in [9.17, 15) is 0 Å². The van der Waals surface area contributed by atoms with Crippen molar-refractivity contribution < 1.29 is 0 Å². The molecule has 0 aromatic heterocycles. The van der Waals surface area contributed by atoms with Crippen molar-refractivity contribution in [3.8, 4) is 22.3 Å². The second kappa shape index (κ2) is 6.75. The minimum absolute atomic E-state index is 0.306. The molecule has 1 spiro atoms. The van der Waals surface area contributed by atoms with Gasteiger partial charge in [-0.25, -0.2) is 0 Å². The standard InChI is InChI=1S/C37H22/c1-2-10-23(11-3-1)24-20-21-32-30(22-24)27-14-6-7-17-31(27)37(32)33-18-8-15-28-25-12-4-5-13-26(25)29-16-9-19-34(37)36(29)35(28)33/h1-22H. The van der Waals surface area contributed by atoms with E-state index in [2.05, 4.69) is 133 Å². The highest BCUT2D eigenvalue weighted by Crippen LogP contribution is 2.63. The van der Waals surface area contributed by atoms with Crippen LogP contribution in [0.5, 0.6) is 0 Å². The van der Waals surface area contributed by atoms with Crippen LogP contribution in [0.15, 0.2) is 133 Å². The van der Waals surface area contributed by atoms with Gasteiger partial charge in [-0.2, -0.15) is 0 Å². The van der Waals surface area contributed by atoms with Gasteiger partial charge in [0.15, 0.2) is 0 Å². The Morgan fingerprint density at radius 3 is 1.57 bits per heavy atom. The van der Waals surface area contributed by atoms with Crippen LogP contribution in [-0.2, 0) is 5.41 Å². The van der Waals surface area contributed by atoms with E-state index in [1.165, 1.54) is 76.8 Å². The van der Waals surface area contributed by atoms with Crippen LogP contribution in [0.1, 0.15) is 22.3 Å². The molecule has 2 aliphatic carbocycles. The van der Waals surface area contributed by atoms with Gasteiger partial charge in [0, 0.05) is 0 Å². The molecule has 0 atom stereocenters. The fourth-order valence-corrected chi connectivity index (χ4v) is 7.49. The lowest BCUT2D eigenvalue weighted by Crippen LogP contribution is -2.26. The number of fused-ring (bicyclic) bond motifs is 10. The number of hydrogen-bond donors (Lipinski definition) is 0. The van der Waals surface area contributed by atoms with E-state index in [0.717, 1.165) is 0 Å². The van der Waals surface area contributed by atoms with Crippen LogP contribution in [0, 0.1) is 0 Å². The summed E-state index contributed by atoms with van der Waals surface area (Å²) in [5, 5.41) is 8.23. The van der Waals surface area contributed by atoms with Crippen molar-refractivity contribution >= 4 is 32.3 Å². The zero-order valence-electron chi connectivity index (χ0n) is 20.2. The van der Waals surface area contributed by atoms with Crippen LogP contribution in [0.2, 0.25) is 0 Å². The van der Waals surface area contributed by atoms with Crippen molar-refractivity contribution in [3.63, 3.8) is 0 Å². The summed E-state index contributed by atoms with van der Waals surface area (Å²) in [6, 6.07) is 49.8. The Kier molecular flexibility index (Phi) is 3.56. The molecular formula is C37H22. The van der Waals surface area contributed by atoms with Crippen LogP contribution in [0.3, 0.4) is 0 Å². The fourth-order valence-electron chi connectivity index (χ4n) is 7.49. The largest absolute Gasteiger partial charge is 0.0725 e. The first-order valence-electron chi connectivity index (χ1n) is 13.0. The van der Waals surface area contributed by atoms with Crippen LogP contribution in [-0.4, -0.2) is 0 Å². The third-order valence-electron chi connectivity index (χ3n) is 8.85. The maximum atomic E-state index is 2.41. The van der Waals surface area contributed by atoms with Gasteiger partial charge >= 0.3 is 0 Å². The molecule has 0 nitrogen and oxygen atoms in total. The molecule has 2 aliphatic rings. The molecule has 0 amide bonds. The van der Waals surface area contributed by atoms with Crippen LogP contribution < -0.4 is 0 Å². The zero-order valence-corrected chi connectivity index (χ0v) is 20.2. The predicted octanol–water partition coefficient (Wildman–Crippen LogP) is 9.49. The van der Waals surface area contributed by atoms with Gasteiger partial charge in [0.2, 0.25) is 0 Å². The van der Waals surface area contributed by atoms with Gasteiger partial charge in [-0.3, -0.25) is 0 Å². The van der Waals surface area contributed by atoms with Gasteiger partial charge in [0.05, 0.1) is 5.41 Å². The Balaban J connectivity index is 1.48. The van der Waals surface area contributed by atoms with E-state index < -0.39 is 0 Å². The van der Waals surface area contributed by atoms with E-state index in [-0.39, 0.29) is 5.41 Å². The fraction of sp³-hybridized carbons (Fsp3) is 0.0270. The molecule has 0 N–H and O–H groups in total. The molecular weight excluding hydrogens is 444 g/mol. The van der Waals surface area contributed by atoms with Crippen LogP contribution in [0.25, 0.3) is 54.6 Å². The Morgan fingerprint density at radius 2 is 0.865 bits per heavy atom. The maximum absolute atomic E-state index is 2.41. The van der Waals surface area contributed by atoms with Gasteiger partial charge in [-0.1, -0.05) is 127 Å². The maximum Gasteiger partial charge on any atom is 0.0725 e. The molecule has 7 aromatic carbocycles. The first kappa shape index (κ1) is 19.5. The lowest BCUT2D eigenvalue weighted by molar-refractivity contribution is 0.797. The minimum atomic E-state index is -0.306. The van der Waals surface area contributed by atoms with Crippen molar-refractivity contribution in [2.45, 2.75) is 5.41 Å². The highest BCUT2D eigenvalue weighted by molar-refractivity contribution is 6.29. The average molecular weight is 467 g/mol. The highest BCUT2D eigenvalue weighted by atomic mass is 14.5. The Bertz CT molecular complexity index is 2000. The highest BCUT2D eigenvalue weighted by Gasteiger charge is 2.50. The molecule has 0 saturated heterocycles. The van der Waals surface area contributed by atoms with Gasteiger partial charge in [0.25, 0.3) is 0 Å². The van der Waals surface area contributed by atoms with E-state index >= 15 is 0 Å². The van der Waals surface area contributed by atoms with E-state index in [0.29, 0.717) is 0 Å².